The molecule has 0 aliphatic carbocycles. The second-order valence-electron chi connectivity index (χ2n) is 14.3. The predicted octanol–water partition coefficient (Wildman–Crippen LogP) is 14.0. The third-order valence-corrected chi connectivity index (χ3v) is 13.8. The van der Waals surface area contributed by atoms with E-state index < -0.39 is 0 Å². The van der Waals surface area contributed by atoms with Gasteiger partial charge in [0.15, 0.2) is 0 Å². The molecule has 4 nitrogen and oxygen atoms in total. The van der Waals surface area contributed by atoms with Crippen molar-refractivity contribution in [3.8, 4) is 34.6 Å². The molecular formula is C50H26N4S2. The van der Waals surface area contributed by atoms with Crippen LogP contribution < -0.4 is 0 Å². The molecule has 0 unspecified atom stereocenters. The van der Waals surface area contributed by atoms with Crippen LogP contribution in [0.15, 0.2) is 158 Å². The molecule has 0 fully saturated rings. The van der Waals surface area contributed by atoms with Crippen molar-refractivity contribution < 1.29 is 0 Å². The summed E-state index contributed by atoms with van der Waals surface area (Å²) in [6, 6.07) is 60.4. The minimum absolute atomic E-state index is 0.565. The van der Waals surface area contributed by atoms with Crippen LogP contribution in [0.5, 0.6) is 0 Å². The summed E-state index contributed by atoms with van der Waals surface area (Å²) in [5.41, 5.74) is 8.99. The summed E-state index contributed by atoms with van der Waals surface area (Å²) in [6.45, 7) is 0. The molecule has 0 atom stereocenters. The first-order valence-electron chi connectivity index (χ1n) is 18.5. The van der Waals surface area contributed by atoms with Gasteiger partial charge in [-0.1, -0.05) is 109 Å². The van der Waals surface area contributed by atoms with E-state index in [1.807, 2.05) is 29.5 Å². The lowest BCUT2D eigenvalue weighted by atomic mass is 9.98. The number of thiophene rings is 2. The summed E-state index contributed by atoms with van der Waals surface area (Å²) in [6.07, 6.45) is 0. The highest BCUT2D eigenvalue weighted by Crippen LogP contribution is 2.47. The molecule has 258 valence electrons. The lowest BCUT2D eigenvalue weighted by Gasteiger charge is -2.19. The lowest BCUT2D eigenvalue weighted by molar-refractivity contribution is 1.14. The molecule has 0 N–H and O–H groups in total. The number of para-hydroxylation sites is 2. The monoisotopic (exact) mass is 746 g/mol. The Morgan fingerprint density at radius 2 is 0.929 bits per heavy atom. The zero-order valence-electron chi connectivity index (χ0n) is 29.6. The van der Waals surface area contributed by atoms with E-state index in [4.69, 9.17) is 0 Å². The Hall–Kier alpha value is -7.22. The van der Waals surface area contributed by atoms with Gasteiger partial charge in [0.25, 0.3) is 0 Å². The molecule has 4 aromatic heterocycles. The van der Waals surface area contributed by atoms with Crippen LogP contribution in [0.3, 0.4) is 0 Å². The quantitative estimate of drug-likeness (QED) is 0.181. The molecular weight excluding hydrogens is 721 g/mol. The minimum Gasteiger partial charge on any atom is -0.307 e. The van der Waals surface area contributed by atoms with Crippen molar-refractivity contribution in [1.29, 1.82) is 10.5 Å². The topological polar surface area (TPSA) is 57.4 Å². The Morgan fingerprint density at radius 1 is 0.411 bits per heavy atom. The molecule has 0 amide bonds. The van der Waals surface area contributed by atoms with Gasteiger partial charge in [-0.15, -0.1) is 22.7 Å². The highest BCUT2D eigenvalue weighted by molar-refractivity contribution is 7.27. The zero-order chi connectivity index (χ0) is 37.1. The van der Waals surface area contributed by atoms with Crippen LogP contribution in [0.2, 0.25) is 0 Å². The number of rotatable bonds is 3. The summed E-state index contributed by atoms with van der Waals surface area (Å²) >= 11 is 3.61. The Morgan fingerprint density at radius 3 is 1.50 bits per heavy atom. The van der Waals surface area contributed by atoms with Gasteiger partial charge in [0.05, 0.1) is 60.0 Å². The number of benzene rings is 8. The molecule has 0 bridgehead atoms. The van der Waals surface area contributed by atoms with E-state index in [2.05, 4.69) is 161 Å². The van der Waals surface area contributed by atoms with Crippen molar-refractivity contribution in [3.05, 3.63) is 169 Å². The van der Waals surface area contributed by atoms with Crippen LogP contribution >= 0.6 is 22.7 Å². The van der Waals surface area contributed by atoms with Crippen LogP contribution in [-0.2, 0) is 0 Å². The van der Waals surface area contributed by atoms with Gasteiger partial charge in [0.2, 0.25) is 0 Å². The fourth-order valence-corrected chi connectivity index (χ4v) is 11.5. The molecule has 8 aromatic carbocycles. The van der Waals surface area contributed by atoms with E-state index in [1.165, 1.54) is 40.3 Å². The predicted molar refractivity (Wildman–Crippen MR) is 236 cm³/mol. The van der Waals surface area contributed by atoms with E-state index in [0.717, 1.165) is 66.1 Å². The van der Waals surface area contributed by atoms with Crippen molar-refractivity contribution in [3.63, 3.8) is 0 Å². The van der Waals surface area contributed by atoms with Crippen LogP contribution in [0.25, 0.3) is 106 Å². The van der Waals surface area contributed by atoms with E-state index in [0.29, 0.717) is 11.1 Å². The first kappa shape index (κ1) is 31.2. The largest absolute Gasteiger partial charge is 0.307 e. The maximum absolute atomic E-state index is 11.2. The number of fused-ring (bicyclic) bond motifs is 14. The van der Waals surface area contributed by atoms with Crippen LogP contribution in [-0.4, -0.2) is 9.13 Å². The number of hydrogen-bond donors (Lipinski definition) is 0. The summed E-state index contributed by atoms with van der Waals surface area (Å²) in [5, 5.41) is 30.8. The Balaban J connectivity index is 1.27. The third-order valence-electron chi connectivity index (χ3n) is 11.4. The molecule has 12 aromatic rings. The number of aromatic nitrogens is 2. The Bertz CT molecular complexity index is 3750. The third kappa shape index (κ3) is 4.20. The Labute approximate surface area is 328 Å². The summed E-state index contributed by atoms with van der Waals surface area (Å²) in [4.78, 5) is 0. The molecule has 0 aliphatic heterocycles. The standard InChI is InChI=1S/C50H26N4S2/c51-27-29-10-9-11-30(24-29)40-26-43(53-41-16-5-1-12-32(41)36-20-22-38-34-14-3-7-18-45(34)55-49(38)47(36)53)31(28-52)25-44(40)54-42-17-6-2-13-33(42)37-21-23-39-35-15-4-8-19-46(35)56-50(39)48(37)54/h1-26H. The number of nitriles is 2. The summed E-state index contributed by atoms with van der Waals surface area (Å²) in [5.74, 6) is 0. The highest BCUT2D eigenvalue weighted by atomic mass is 32.1. The molecule has 0 saturated carbocycles. The number of hydrogen-bond acceptors (Lipinski definition) is 4. The minimum atomic E-state index is 0.565. The molecule has 0 saturated heterocycles. The lowest BCUT2D eigenvalue weighted by Crippen LogP contribution is -2.04. The van der Waals surface area contributed by atoms with E-state index in [1.54, 1.807) is 11.3 Å². The van der Waals surface area contributed by atoms with Crippen LogP contribution in [0, 0.1) is 22.7 Å². The maximum Gasteiger partial charge on any atom is 0.101 e. The van der Waals surface area contributed by atoms with E-state index in [9.17, 15) is 10.5 Å². The molecule has 12 rings (SSSR count). The van der Waals surface area contributed by atoms with Crippen molar-refractivity contribution in [2.45, 2.75) is 0 Å². The molecule has 0 spiro atoms. The maximum atomic E-state index is 11.2. The second kappa shape index (κ2) is 11.6. The van der Waals surface area contributed by atoms with Gasteiger partial charge in [-0.05, 0) is 54.1 Å². The average Bonchev–Trinajstić information content (AvgIpc) is 4.01. The number of nitrogens with zero attached hydrogens (tertiary/aromatic N) is 4. The van der Waals surface area contributed by atoms with Gasteiger partial charge in [0, 0.05) is 58.1 Å². The first-order valence-corrected chi connectivity index (χ1v) is 20.1. The smallest absolute Gasteiger partial charge is 0.101 e. The van der Waals surface area contributed by atoms with Crippen molar-refractivity contribution in [1.82, 2.24) is 9.13 Å². The molecule has 0 aliphatic rings. The van der Waals surface area contributed by atoms with E-state index >= 15 is 0 Å². The zero-order valence-corrected chi connectivity index (χ0v) is 31.2. The van der Waals surface area contributed by atoms with Crippen molar-refractivity contribution in [2.24, 2.45) is 0 Å². The first-order chi connectivity index (χ1) is 27.7. The average molecular weight is 747 g/mol. The van der Waals surface area contributed by atoms with Gasteiger partial charge in [-0.2, -0.15) is 10.5 Å². The van der Waals surface area contributed by atoms with Crippen molar-refractivity contribution >= 4 is 107 Å². The SMILES string of the molecule is N#Cc1cccc(-c2cc(-n3c4ccccc4c4ccc5c6ccccc6sc5c43)c(C#N)cc2-n2c3ccccc3c3ccc4c5ccccc5sc4c32)c1. The highest BCUT2D eigenvalue weighted by Gasteiger charge is 2.25. The summed E-state index contributed by atoms with van der Waals surface area (Å²) in [7, 11) is 0. The van der Waals surface area contributed by atoms with Gasteiger partial charge in [0.1, 0.15) is 6.07 Å². The molecule has 4 heterocycles. The molecule has 56 heavy (non-hydrogen) atoms. The normalized spacial score (nSPS) is 11.9. The van der Waals surface area contributed by atoms with E-state index in [-0.39, 0.29) is 0 Å². The Kier molecular flexibility index (Phi) is 6.48. The van der Waals surface area contributed by atoms with Crippen molar-refractivity contribution in [2.75, 3.05) is 0 Å². The van der Waals surface area contributed by atoms with Crippen LogP contribution in [0.1, 0.15) is 11.1 Å². The molecule has 6 heteroatoms. The van der Waals surface area contributed by atoms with Crippen LogP contribution in [0.4, 0.5) is 0 Å². The fourth-order valence-electron chi connectivity index (χ4n) is 8.99. The van der Waals surface area contributed by atoms with Gasteiger partial charge < -0.3 is 9.13 Å². The fraction of sp³-hybridized carbons (Fsp3) is 0. The second-order valence-corrected chi connectivity index (χ2v) is 16.4. The molecule has 0 radical (unpaired) electrons. The van der Waals surface area contributed by atoms with Gasteiger partial charge in [-0.3, -0.25) is 0 Å². The summed E-state index contributed by atoms with van der Waals surface area (Å²) < 4.78 is 9.52. The van der Waals surface area contributed by atoms with Gasteiger partial charge >= 0.3 is 0 Å². The van der Waals surface area contributed by atoms with Gasteiger partial charge in [-0.25, -0.2) is 0 Å².